The number of anilines is 1. The van der Waals surface area contributed by atoms with Crippen LogP contribution in [0.15, 0.2) is 53.6 Å². The summed E-state index contributed by atoms with van der Waals surface area (Å²) in [7, 11) is 2.12. The van der Waals surface area contributed by atoms with Crippen LogP contribution < -0.4 is 10.3 Å². The van der Waals surface area contributed by atoms with Crippen molar-refractivity contribution in [1.29, 1.82) is 0 Å². The summed E-state index contributed by atoms with van der Waals surface area (Å²) in [4.78, 5) is 14.4. The van der Waals surface area contributed by atoms with Crippen molar-refractivity contribution >= 4 is 23.4 Å². The Hall–Kier alpha value is -2.88. The van der Waals surface area contributed by atoms with Crippen molar-refractivity contribution in [1.82, 2.24) is 5.43 Å². The number of nitrogens with one attached hydrogen (secondary N) is 1. The van der Waals surface area contributed by atoms with Crippen molar-refractivity contribution < 1.29 is 4.79 Å². The molecule has 1 heterocycles. The second-order valence-corrected chi connectivity index (χ2v) is 7.33. The molecular formula is C22H25N3O. The molecule has 2 aromatic carbocycles. The molecule has 1 aliphatic heterocycles. The first kappa shape index (κ1) is 17.9. The molecule has 134 valence electrons. The van der Waals surface area contributed by atoms with Gasteiger partial charge in [0.05, 0.1) is 11.8 Å². The lowest BCUT2D eigenvalue weighted by molar-refractivity contribution is 0.0955. The molecule has 4 nitrogen and oxygen atoms in total. The third-order valence-corrected chi connectivity index (χ3v) is 5.01. The van der Waals surface area contributed by atoms with E-state index in [1.807, 2.05) is 18.2 Å². The summed E-state index contributed by atoms with van der Waals surface area (Å²) in [5, 5.41) is 4.14. The Bertz CT molecular complexity index is 895. The molecule has 0 atom stereocenters. The highest BCUT2D eigenvalue weighted by Crippen LogP contribution is 2.38. The van der Waals surface area contributed by atoms with E-state index in [4.69, 9.17) is 0 Å². The monoisotopic (exact) mass is 347 g/mol. The lowest BCUT2D eigenvalue weighted by Gasteiger charge is -2.41. The lowest BCUT2D eigenvalue weighted by Crippen LogP contribution is -2.42. The van der Waals surface area contributed by atoms with Gasteiger partial charge in [-0.25, -0.2) is 5.43 Å². The second-order valence-electron chi connectivity index (χ2n) is 7.33. The van der Waals surface area contributed by atoms with E-state index < -0.39 is 0 Å². The molecule has 0 unspecified atom stereocenters. The number of hydrogen-bond acceptors (Lipinski definition) is 3. The maximum atomic E-state index is 12.1. The van der Waals surface area contributed by atoms with E-state index >= 15 is 0 Å². The number of amides is 1. The van der Waals surface area contributed by atoms with Crippen LogP contribution >= 0.6 is 0 Å². The molecule has 0 aromatic heterocycles. The number of fused-ring (bicyclic) bond motifs is 1. The number of hydrogen-bond donors (Lipinski definition) is 1. The number of carbonyl (C=O) groups is 1. The minimum Gasteiger partial charge on any atom is -0.365 e. The molecule has 0 saturated carbocycles. The van der Waals surface area contributed by atoms with Crippen molar-refractivity contribution in [3.63, 3.8) is 0 Å². The smallest absolute Gasteiger partial charge is 0.271 e. The molecule has 1 aliphatic rings. The van der Waals surface area contributed by atoms with E-state index in [0.29, 0.717) is 5.56 Å². The van der Waals surface area contributed by atoms with Gasteiger partial charge in [-0.3, -0.25) is 4.79 Å². The number of rotatable bonds is 3. The fraction of sp³-hybridized carbons (Fsp3) is 0.273. The summed E-state index contributed by atoms with van der Waals surface area (Å²) in [6.07, 6.45) is 3.99. The first-order valence-electron chi connectivity index (χ1n) is 8.76. The van der Waals surface area contributed by atoms with E-state index in [0.717, 1.165) is 11.1 Å². The average molecular weight is 347 g/mol. The van der Waals surface area contributed by atoms with Crippen LogP contribution in [0.4, 0.5) is 5.69 Å². The van der Waals surface area contributed by atoms with Crippen LogP contribution in [-0.4, -0.2) is 24.7 Å². The summed E-state index contributed by atoms with van der Waals surface area (Å²) in [5.41, 5.74) is 8.97. The van der Waals surface area contributed by atoms with Gasteiger partial charge in [0, 0.05) is 23.9 Å². The second kappa shape index (κ2) is 6.79. The average Bonchev–Trinajstić information content (AvgIpc) is 2.61. The van der Waals surface area contributed by atoms with E-state index in [1.54, 1.807) is 18.3 Å². The Morgan fingerprint density at radius 1 is 1.15 bits per heavy atom. The zero-order valence-electron chi connectivity index (χ0n) is 16.0. The molecule has 1 amide bonds. The zero-order valence-corrected chi connectivity index (χ0v) is 16.0. The Kier molecular flexibility index (Phi) is 4.68. The normalized spacial score (nSPS) is 15.6. The molecule has 0 aliphatic carbocycles. The number of carbonyl (C=O) groups excluding carboxylic acids is 1. The quantitative estimate of drug-likeness (QED) is 0.661. The van der Waals surface area contributed by atoms with Gasteiger partial charge in [0.25, 0.3) is 5.91 Å². The number of nitrogens with zero attached hydrogens (tertiary/aromatic N) is 2. The van der Waals surface area contributed by atoms with E-state index in [2.05, 4.69) is 68.4 Å². The number of aryl methyl sites for hydroxylation is 1. The minimum absolute atomic E-state index is 0.0111. The van der Waals surface area contributed by atoms with Gasteiger partial charge in [0.1, 0.15) is 0 Å². The topological polar surface area (TPSA) is 44.7 Å². The van der Waals surface area contributed by atoms with Gasteiger partial charge in [-0.2, -0.15) is 5.10 Å². The molecule has 2 aromatic rings. The first-order valence-corrected chi connectivity index (χ1v) is 8.76. The van der Waals surface area contributed by atoms with Gasteiger partial charge in [-0.05, 0) is 68.7 Å². The fourth-order valence-corrected chi connectivity index (χ4v) is 3.27. The summed E-state index contributed by atoms with van der Waals surface area (Å²) >= 11 is 0. The molecule has 0 fully saturated rings. The Morgan fingerprint density at radius 2 is 1.85 bits per heavy atom. The molecule has 4 heteroatoms. The van der Waals surface area contributed by atoms with Crippen LogP contribution in [0.25, 0.3) is 5.57 Å². The number of benzene rings is 2. The highest BCUT2D eigenvalue weighted by molar-refractivity contribution is 5.95. The van der Waals surface area contributed by atoms with Crippen LogP contribution in [-0.2, 0) is 0 Å². The van der Waals surface area contributed by atoms with Crippen LogP contribution in [0, 0.1) is 6.92 Å². The summed E-state index contributed by atoms with van der Waals surface area (Å²) in [5.74, 6) is -0.213. The Labute approximate surface area is 155 Å². The standard InChI is InChI=1S/C22H25N3O/c1-15-11-20-19(16(2)13-22(3,4)25(20)5)12-18(15)14-23-24-21(26)17-9-7-6-8-10-17/h6-14H,1-5H3,(H,24,26)/b23-14-. The van der Waals surface area contributed by atoms with E-state index in [-0.39, 0.29) is 11.4 Å². The zero-order chi connectivity index (χ0) is 18.9. The van der Waals surface area contributed by atoms with Gasteiger partial charge in [0.2, 0.25) is 0 Å². The molecule has 0 saturated heterocycles. The summed E-state index contributed by atoms with van der Waals surface area (Å²) in [6.45, 7) is 8.63. The van der Waals surface area contributed by atoms with Crippen LogP contribution in [0.3, 0.4) is 0 Å². The van der Waals surface area contributed by atoms with Crippen molar-refractivity contribution in [3.8, 4) is 0 Å². The van der Waals surface area contributed by atoms with Crippen LogP contribution in [0.2, 0.25) is 0 Å². The van der Waals surface area contributed by atoms with E-state index in [9.17, 15) is 4.79 Å². The van der Waals surface area contributed by atoms with Crippen molar-refractivity contribution in [2.24, 2.45) is 5.10 Å². The third kappa shape index (κ3) is 3.40. The molecule has 3 rings (SSSR count). The minimum atomic E-state index is -0.213. The third-order valence-electron chi connectivity index (χ3n) is 5.01. The van der Waals surface area contributed by atoms with Crippen molar-refractivity contribution in [2.45, 2.75) is 33.2 Å². The maximum absolute atomic E-state index is 12.1. The van der Waals surface area contributed by atoms with Crippen molar-refractivity contribution in [2.75, 3.05) is 11.9 Å². The summed E-state index contributed by atoms with van der Waals surface area (Å²) in [6, 6.07) is 13.4. The van der Waals surface area contributed by atoms with Crippen LogP contribution in [0.1, 0.15) is 47.8 Å². The van der Waals surface area contributed by atoms with Crippen LogP contribution in [0.5, 0.6) is 0 Å². The molecule has 26 heavy (non-hydrogen) atoms. The predicted octanol–water partition coefficient (Wildman–Crippen LogP) is 4.39. The van der Waals surface area contributed by atoms with Crippen molar-refractivity contribution in [3.05, 3.63) is 70.8 Å². The number of allylic oxidation sites excluding steroid dienone is 1. The predicted molar refractivity (Wildman–Crippen MR) is 109 cm³/mol. The molecule has 0 spiro atoms. The molecule has 0 radical (unpaired) electrons. The van der Waals surface area contributed by atoms with Gasteiger partial charge >= 0.3 is 0 Å². The SMILES string of the molecule is CC1=CC(C)(C)N(C)c2cc(C)c(/C=N\NC(=O)c3ccccc3)cc21. The molecule has 1 N–H and O–H groups in total. The maximum Gasteiger partial charge on any atom is 0.271 e. The lowest BCUT2D eigenvalue weighted by atomic mass is 9.87. The highest BCUT2D eigenvalue weighted by Gasteiger charge is 2.28. The molecular weight excluding hydrogens is 322 g/mol. The molecule has 0 bridgehead atoms. The van der Waals surface area contributed by atoms with Gasteiger partial charge in [-0.15, -0.1) is 0 Å². The van der Waals surface area contributed by atoms with Gasteiger partial charge in [-0.1, -0.05) is 24.3 Å². The largest absolute Gasteiger partial charge is 0.365 e. The summed E-state index contributed by atoms with van der Waals surface area (Å²) < 4.78 is 0. The van der Waals surface area contributed by atoms with E-state index in [1.165, 1.54) is 16.8 Å². The highest BCUT2D eigenvalue weighted by atomic mass is 16.2. The Morgan fingerprint density at radius 3 is 2.54 bits per heavy atom. The number of hydrazone groups is 1. The fourth-order valence-electron chi connectivity index (χ4n) is 3.27. The van der Waals surface area contributed by atoms with Gasteiger partial charge in [0.15, 0.2) is 0 Å². The van der Waals surface area contributed by atoms with Gasteiger partial charge < -0.3 is 4.90 Å². The first-order chi connectivity index (χ1) is 12.3. The number of likely N-dealkylation sites (N-methyl/N-ethyl adjacent to an activating group) is 1. The Balaban J connectivity index is 1.84.